The van der Waals surface area contributed by atoms with Crippen LogP contribution in [0.25, 0.3) is 0 Å². The van der Waals surface area contributed by atoms with Crippen molar-refractivity contribution in [2.45, 2.75) is 6.42 Å². The summed E-state index contributed by atoms with van der Waals surface area (Å²) in [6.45, 7) is 1.99. The van der Waals surface area contributed by atoms with Gasteiger partial charge in [-0.1, -0.05) is 0 Å². The smallest absolute Gasteiger partial charge is 0.339 e. The minimum atomic E-state index is -0.957. The van der Waals surface area contributed by atoms with Crippen LogP contribution in [0.1, 0.15) is 16.8 Å². The summed E-state index contributed by atoms with van der Waals surface area (Å²) < 4.78 is 11.7. The summed E-state index contributed by atoms with van der Waals surface area (Å²) in [4.78, 5) is 11.1. The third-order valence-electron chi connectivity index (χ3n) is 2.67. The lowest BCUT2D eigenvalue weighted by Crippen LogP contribution is -2.13. The van der Waals surface area contributed by atoms with E-state index < -0.39 is 5.97 Å². The Hall–Kier alpha value is -0.820. The Bertz CT molecular complexity index is 413. The van der Waals surface area contributed by atoms with E-state index in [1.165, 1.54) is 0 Å². The van der Waals surface area contributed by atoms with Crippen LogP contribution in [0.3, 0.4) is 0 Å². The molecule has 1 unspecified atom stereocenters. The molecule has 17 heavy (non-hydrogen) atoms. The SMILES string of the molecule is O=C(O)c1cc(I)ccc1OCC1CCOC1. The highest BCUT2D eigenvalue weighted by atomic mass is 127. The molecule has 0 saturated carbocycles. The first kappa shape index (κ1) is 12.6. The summed E-state index contributed by atoms with van der Waals surface area (Å²) in [5, 5.41) is 9.07. The Morgan fingerprint density at radius 1 is 1.59 bits per heavy atom. The van der Waals surface area contributed by atoms with Crippen LogP contribution in [0, 0.1) is 9.49 Å². The average molecular weight is 348 g/mol. The number of carbonyl (C=O) groups is 1. The van der Waals surface area contributed by atoms with Crippen LogP contribution in [0.5, 0.6) is 5.75 Å². The van der Waals surface area contributed by atoms with E-state index in [1.807, 2.05) is 6.07 Å². The number of benzene rings is 1. The van der Waals surface area contributed by atoms with Crippen molar-refractivity contribution < 1.29 is 19.4 Å². The van der Waals surface area contributed by atoms with Gasteiger partial charge in [-0.05, 0) is 47.2 Å². The Balaban J connectivity index is 2.06. The van der Waals surface area contributed by atoms with Gasteiger partial charge in [-0.25, -0.2) is 4.79 Å². The quantitative estimate of drug-likeness (QED) is 0.849. The normalized spacial score (nSPS) is 19.2. The number of halogens is 1. The largest absolute Gasteiger partial charge is 0.492 e. The van der Waals surface area contributed by atoms with Gasteiger partial charge in [0, 0.05) is 16.1 Å². The fourth-order valence-corrected chi connectivity index (χ4v) is 2.21. The summed E-state index contributed by atoms with van der Waals surface area (Å²) >= 11 is 2.08. The predicted octanol–water partition coefficient (Wildman–Crippen LogP) is 2.40. The van der Waals surface area contributed by atoms with E-state index in [2.05, 4.69) is 22.6 Å². The molecule has 0 aromatic heterocycles. The Labute approximate surface area is 113 Å². The minimum absolute atomic E-state index is 0.218. The third-order valence-corrected chi connectivity index (χ3v) is 3.34. The minimum Gasteiger partial charge on any atom is -0.492 e. The molecule has 1 aliphatic rings. The van der Waals surface area contributed by atoms with Crippen LogP contribution in [-0.2, 0) is 4.74 Å². The summed E-state index contributed by atoms with van der Waals surface area (Å²) in [6.07, 6.45) is 0.979. The highest BCUT2D eigenvalue weighted by Gasteiger charge is 2.18. The van der Waals surface area contributed by atoms with Gasteiger partial charge in [-0.2, -0.15) is 0 Å². The molecule has 1 aromatic carbocycles. The third kappa shape index (κ3) is 3.32. The Kier molecular flexibility index (Phi) is 4.22. The molecule has 5 heteroatoms. The van der Waals surface area contributed by atoms with Gasteiger partial charge in [0.2, 0.25) is 0 Å². The van der Waals surface area contributed by atoms with E-state index in [9.17, 15) is 4.79 Å². The second kappa shape index (κ2) is 5.68. The average Bonchev–Trinajstić information content (AvgIpc) is 2.80. The zero-order valence-electron chi connectivity index (χ0n) is 9.19. The topological polar surface area (TPSA) is 55.8 Å². The molecule has 1 saturated heterocycles. The highest BCUT2D eigenvalue weighted by molar-refractivity contribution is 14.1. The zero-order valence-corrected chi connectivity index (χ0v) is 11.3. The van der Waals surface area contributed by atoms with Crippen molar-refractivity contribution in [3.05, 3.63) is 27.3 Å². The lowest BCUT2D eigenvalue weighted by atomic mass is 10.1. The molecule has 92 valence electrons. The molecule has 0 aliphatic carbocycles. The second-order valence-electron chi connectivity index (χ2n) is 3.99. The van der Waals surface area contributed by atoms with Crippen LogP contribution in [0.15, 0.2) is 18.2 Å². The lowest BCUT2D eigenvalue weighted by molar-refractivity contribution is 0.0691. The summed E-state index contributed by atoms with van der Waals surface area (Å²) in [6, 6.07) is 5.16. The molecule has 1 aromatic rings. The fraction of sp³-hybridized carbons (Fsp3) is 0.417. The standard InChI is InChI=1S/C12H13IO4/c13-9-1-2-11(10(5-9)12(14)15)17-7-8-3-4-16-6-8/h1-2,5,8H,3-4,6-7H2,(H,14,15). The summed E-state index contributed by atoms with van der Waals surface area (Å²) in [5.74, 6) is -0.151. The second-order valence-corrected chi connectivity index (χ2v) is 5.23. The molecule has 1 aliphatic heterocycles. The number of aromatic carboxylic acids is 1. The van der Waals surface area contributed by atoms with Gasteiger partial charge in [-0.15, -0.1) is 0 Å². The van der Waals surface area contributed by atoms with Gasteiger partial charge in [-0.3, -0.25) is 0 Å². The van der Waals surface area contributed by atoms with Crippen molar-refractivity contribution in [3.63, 3.8) is 0 Å². The molecule has 1 N–H and O–H groups in total. The van der Waals surface area contributed by atoms with Crippen molar-refractivity contribution in [3.8, 4) is 5.75 Å². The maximum absolute atomic E-state index is 11.1. The van der Waals surface area contributed by atoms with E-state index in [4.69, 9.17) is 14.6 Å². The molecule has 1 fully saturated rings. The van der Waals surface area contributed by atoms with E-state index >= 15 is 0 Å². The number of hydrogen-bond donors (Lipinski definition) is 1. The maximum Gasteiger partial charge on any atom is 0.339 e. The molecular formula is C12H13IO4. The first-order chi connectivity index (χ1) is 8.16. The van der Waals surface area contributed by atoms with Crippen molar-refractivity contribution in [2.75, 3.05) is 19.8 Å². The van der Waals surface area contributed by atoms with Crippen molar-refractivity contribution in [1.29, 1.82) is 0 Å². The van der Waals surface area contributed by atoms with Crippen LogP contribution in [-0.4, -0.2) is 30.9 Å². The van der Waals surface area contributed by atoms with Gasteiger partial charge in [0.15, 0.2) is 0 Å². The summed E-state index contributed by atoms with van der Waals surface area (Å²) in [7, 11) is 0. The molecule has 1 atom stereocenters. The van der Waals surface area contributed by atoms with E-state index in [0.717, 1.165) is 16.6 Å². The van der Waals surface area contributed by atoms with Crippen LogP contribution in [0.4, 0.5) is 0 Å². The summed E-state index contributed by atoms with van der Waals surface area (Å²) in [5.41, 5.74) is 0.218. The number of hydrogen-bond acceptors (Lipinski definition) is 3. The lowest BCUT2D eigenvalue weighted by Gasteiger charge is -2.12. The Morgan fingerprint density at radius 3 is 3.06 bits per heavy atom. The van der Waals surface area contributed by atoms with Gasteiger partial charge in [0.1, 0.15) is 11.3 Å². The number of rotatable bonds is 4. The molecule has 0 spiro atoms. The van der Waals surface area contributed by atoms with Gasteiger partial charge in [0.05, 0.1) is 13.2 Å². The predicted molar refractivity (Wildman–Crippen MR) is 70.5 cm³/mol. The molecule has 1 heterocycles. The number of carboxylic acids is 1. The molecule has 2 rings (SSSR count). The van der Waals surface area contributed by atoms with Gasteiger partial charge < -0.3 is 14.6 Å². The van der Waals surface area contributed by atoms with Gasteiger partial charge in [0.25, 0.3) is 0 Å². The van der Waals surface area contributed by atoms with E-state index in [1.54, 1.807) is 12.1 Å². The van der Waals surface area contributed by atoms with Crippen LogP contribution >= 0.6 is 22.6 Å². The number of ether oxygens (including phenoxy) is 2. The van der Waals surface area contributed by atoms with E-state index in [-0.39, 0.29) is 5.56 Å². The van der Waals surface area contributed by atoms with Gasteiger partial charge >= 0.3 is 5.97 Å². The number of carboxylic acid groups (broad SMARTS) is 1. The molecule has 0 radical (unpaired) electrons. The fourth-order valence-electron chi connectivity index (χ4n) is 1.72. The molecular weight excluding hydrogens is 335 g/mol. The van der Waals surface area contributed by atoms with Crippen molar-refractivity contribution in [2.24, 2.45) is 5.92 Å². The van der Waals surface area contributed by atoms with Crippen molar-refractivity contribution >= 4 is 28.6 Å². The zero-order chi connectivity index (χ0) is 12.3. The molecule has 4 nitrogen and oxygen atoms in total. The van der Waals surface area contributed by atoms with Crippen LogP contribution in [0.2, 0.25) is 0 Å². The monoisotopic (exact) mass is 348 g/mol. The molecule has 0 bridgehead atoms. The van der Waals surface area contributed by atoms with Crippen LogP contribution < -0.4 is 4.74 Å². The maximum atomic E-state index is 11.1. The van der Waals surface area contributed by atoms with E-state index in [0.29, 0.717) is 24.9 Å². The molecule has 0 amide bonds. The first-order valence-electron chi connectivity index (χ1n) is 5.40. The van der Waals surface area contributed by atoms with Crippen molar-refractivity contribution in [1.82, 2.24) is 0 Å². The Morgan fingerprint density at radius 2 is 2.41 bits per heavy atom. The first-order valence-corrected chi connectivity index (χ1v) is 6.48. The highest BCUT2D eigenvalue weighted by Crippen LogP contribution is 2.23.